The van der Waals surface area contributed by atoms with Crippen molar-refractivity contribution in [3.05, 3.63) is 87.4 Å². The van der Waals surface area contributed by atoms with Gasteiger partial charge in [0, 0.05) is 29.4 Å². The van der Waals surface area contributed by atoms with Crippen molar-refractivity contribution in [2.24, 2.45) is 0 Å². The van der Waals surface area contributed by atoms with Gasteiger partial charge in [0.15, 0.2) is 6.20 Å². The Kier molecular flexibility index (Phi) is 10.4. The number of nitrogens with zero attached hydrogens (tertiary/aromatic N) is 4. The third-order valence-corrected chi connectivity index (χ3v) is 14.3. The van der Waals surface area contributed by atoms with Gasteiger partial charge in [-0.2, -0.15) is 25.3 Å². The normalized spacial score (nSPS) is 25.2. The summed E-state index contributed by atoms with van der Waals surface area (Å²) in [5.41, 5.74) is 9.16. The molecule has 1 saturated carbocycles. The van der Waals surface area contributed by atoms with Crippen molar-refractivity contribution in [3.8, 4) is 0 Å². The third-order valence-electron chi connectivity index (χ3n) is 11.9. The number of rotatable bonds is 13. The molecule has 7 rings (SSSR count). The topological polar surface area (TPSA) is 195 Å². The Morgan fingerprint density at radius 2 is 1.53 bits per heavy atom. The van der Waals surface area contributed by atoms with E-state index in [1.807, 2.05) is 13.1 Å². The number of aromatic nitrogens is 2. The minimum atomic E-state index is -4.48. The number of aryl methyl sites for hydroxylation is 1. The van der Waals surface area contributed by atoms with E-state index in [0.717, 1.165) is 67.4 Å². The number of anilines is 1. The van der Waals surface area contributed by atoms with Crippen LogP contribution in [0.4, 0.5) is 11.6 Å². The minimum Gasteiger partial charge on any atom is -0.329 e. The fourth-order valence-corrected chi connectivity index (χ4v) is 11.0. The van der Waals surface area contributed by atoms with E-state index in [-0.39, 0.29) is 28.2 Å². The molecule has 0 bridgehead atoms. The lowest BCUT2D eigenvalue weighted by Gasteiger charge is -2.26. The van der Waals surface area contributed by atoms with Crippen LogP contribution in [0, 0.1) is 6.92 Å². The van der Waals surface area contributed by atoms with Gasteiger partial charge in [-0.1, -0.05) is 18.2 Å². The molecule has 2 aromatic heterocycles. The molecule has 5 aliphatic rings. The van der Waals surface area contributed by atoms with Gasteiger partial charge in [-0.25, -0.2) is 9.56 Å². The molecule has 2 aliphatic heterocycles. The smallest absolute Gasteiger partial charge is 0.327 e. The number of hydrogen-bond donors (Lipinski definition) is 3. The summed E-state index contributed by atoms with van der Waals surface area (Å²) in [6.07, 6.45) is 17.5. The van der Waals surface area contributed by atoms with Crippen molar-refractivity contribution in [1.29, 1.82) is 0 Å². The maximum absolute atomic E-state index is 12.1. The van der Waals surface area contributed by atoms with E-state index in [1.165, 1.54) is 34.0 Å². The lowest BCUT2D eigenvalue weighted by molar-refractivity contribution is -0.442. The maximum atomic E-state index is 12.1. The van der Waals surface area contributed by atoms with E-state index >= 15 is 0 Å². The average Bonchev–Trinajstić information content (AvgIpc) is 3.75. The molecule has 4 heterocycles. The van der Waals surface area contributed by atoms with Crippen LogP contribution in [-0.4, -0.2) is 83.8 Å². The first-order chi connectivity index (χ1) is 25.8. The van der Waals surface area contributed by atoms with E-state index in [9.17, 15) is 38.9 Å². The predicted octanol–water partition coefficient (Wildman–Crippen LogP) is 6.31. The zero-order valence-electron chi connectivity index (χ0n) is 31.5. The second kappa shape index (κ2) is 14.4. The Hall–Kier alpha value is -3.54. The van der Waals surface area contributed by atoms with Crippen LogP contribution >= 0.6 is 0 Å². The largest absolute Gasteiger partial charge is 0.329 e. The van der Waals surface area contributed by atoms with Crippen LogP contribution < -0.4 is 4.90 Å². The fraction of sp³-hybridized carbons (Fsp3) is 0.513. The summed E-state index contributed by atoms with van der Waals surface area (Å²) in [7, 11) is -12.6. The van der Waals surface area contributed by atoms with Gasteiger partial charge in [-0.05, 0) is 136 Å². The highest BCUT2D eigenvalue weighted by atomic mass is 32.2. The highest BCUT2D eigenvalue weighted by Gasteiger charge is 2.53. The Labute approximate surface area is 323 Å². The van der Waals surface area contributed by atoms with Gasteiger partial charge in [0.25, 0.3) is 30.4 Å². The number of hydrogen-bond acceptors (Lipinski definition) is 9. The molecule has 2 aromatic rings. The molecular weight excluding hydrogens is 765 g/mol. The maximum Gasteiger partial charge on any atom is 0.327 e. The SMILES string of the molecule is Cc1cnc2c(c1)C1(C)CCC(/C=C3C=C(/C=C4\CCC5(C)C4=[N+](CCCCS(=O)(=O)O)c4ncc(S(=O)(=O)O)cc45)CCC/3)=C1N2CCCCS(=O)(=O)O. The van der Waals surface area contributed by atoms with Gasteiger partial charge >= 0.3 is 5.82 Å². The quantitative estimate of drug-likeness (QED) is 0.116. The van der Waals surface area contributed by atoms with E-state index < -0.39 is 35.8 Å². The van der Waals surface area contributed by atoms with Crippen LogP contribution in [0.3, 0.4) is 0 Å². The standard InChI is InChI=1S/C39H48N4O9S3/c1-26-19-32-36(40-24-26)42(15-4-6-17-53(44,45)46)34-29(11-13-38(32,34)2)21-27-9-8-10-28(20-27)22-30-12-14-39(3)33-23-31(55(50,51)52)25-41-37(33)43(35(30)39)16-5-7-18-54(47,48)49/h19-25H,4-18H2,1-3H3,(H2-,44,45,46,47,48,49,50,51,52)/p+1. The number of pyridine rings is 2. The molecular formula is C39H49N4O9S3+. The fourth-order valence-electron chi connectivity index (χ4n) is 9.39. The summed E-state index contributed by atoms with van der Waals surface area (Å²) in [5.74, 6) is 0.868. The molecule has 16 heteroatoms. The van der Waals surface area contributed by atoms with Crippen molar-refractivity contribution >= 4 is 47.7 Å². The Morgan fingerprint density at radius 1 is 0.818 bits per heavy atom. The van der Waals surface area contributed by atoms with Gasteiger partial charge in [0.2, 0.25) is 0 Å². The Morgan fingerprint density at radius 3 is 2.24 bits per heavy atom. The van der Waals surface area contributed by atoms with E-state index in [1.54, 1.807) is 0 Å². The van der Waals surface area contributed by atoms with E-state index in [2.05, 4.69) is 52.6 Å². The summed E-state index contributed by atoms with van der Waals surface area (Å²) < 4.78 is 100. The van der Waals surface area contributed by atoms with Crippen LogP contribution in [0.25, 0.3) is 0 Å². The summed E-state index contributed by atoms with van der Waals surface area (Å²) in [6.45, 7) is 7.39. The molecule has 13 nitrogen and oxygen atoms in total. The lowest BCUT2D eigenvalue weighted by atomic mass is 9.81. The van der Waals surface area contributed by atoms with Crippen LogP contribution in [0.5, 0.6) is 0 Å². The molecule has 3 aliphatic carbocycles. The summed E-state index contributed by atoms with van der Waals surface area (Å²) in [6, 6.07) is 3.71. The van der Waals surface area contributed by atoms with Crippen LogP contribution in [0.1, 0.15) is 101 Å². The lowest BCUT2D eigenvalue weighted by Crippen LogP contribution is -2.28. The first kappa shape index (κ1) is 39.7. The van der Waals surface area contributed by atoms with E-state index in [0.29, 0.717) is 50.2 Å². The van der Waals surface area contributed by atoms with Crippen molar-refractivity contribution in [2.75, 3.05) is 29.5 Å². The van der Waals surface area contributed by atoms with Crippen molar-refractivity contribution < 1.29 is 43.5 Å². The summed E-state index contributed by atoms with van der Waals surface area (Å²) in [4.78, 5) is 11.3. The molecule has 0 saturated heterocycles. The minimum absolute atomic E-state index is 0.219. The van der Waals surface area contributed by atoms with Crippen LogP contribution in [-0.2, 0) is 41.2 Å². The molecule has 2 atom stereocenters. The monoisotopic (exact) mass is 813 g/mol. The van der Waals surface area contributed by atoms with Gasteiger partial charge in [-0.3, -0.25) is 13.7 Å². The van der Waals surface area contributed by atoms with Crippen molar-refractivity contribution in [3.63, 3.8) is 0 Å². The molecule has 0 aromatic carbocycles. The third kappa shape index (κ3) is 7.90. The second-order valence-electron chi connectivity index (χ2n) is 16.0. The first-order valence-corrected chi connectivity index (χ1v) is 23.6. The molecule has 0 radical (unpaired) electrons. The van der Waals surface area contributed by atoms with Crippen LogP contribution in [0.15, 0.2) is 75.6 Å². The Bertz CT molecular complexity index is 2450. The van der Waals surface area contributed by atoms with Crippen molar-refractivity contribution in [2.45, 2.75) is 107 Å². The number of allylic oxidation sites excluding steroid dienone is 8. The molecule has 1 fully saturated rings. The zero-order chi connectivity index (χ0) is 39.6. The number of fused-ring (bicyclic) bond motifs is 6. The molecule has 296 valence electrons. The molecule has 2 unspecified atom stereocenters. The summed E-state index contributed by atoms with van der Waals surface area (Å²) >= 11 is 0. The molecule has 55 heavy (non-hydrogen) atoms. The average molecular weight is 814 g/mol. The number of unbranched alkanes of at least 4 members (excludes halogenated alkanes) is 2. The van der Waals surface area contributed by atoms with Gasteiger partial charge < -0.3 is 4.90 Å². The van der Waals surface area contributed by atoms with Gasteiger partial charge in [0.1, 0.15) is 16.4 Å². The molecule has 3 N–H and O–H groups in total. The van der Waals surface area contributed by atoms with Crippen molar-refractivity contribution in [1.82, 2.24) is 9.97 Å². The Balaban J connectivity index is 1.23. The highest BCUT2D eigenvalue weighted by molar-refractivity contribution is 7.86. The van der Waals surface area contributed by atoms with Gasteiger partial charge in [0.05, 0.1) is 29.0 Å². The highest BCUT2D eigenvalue weighted by Crippen LogP contribution is 2.56. The summed E-state index contributed by atoms with van der Waals surface area (Å²) in [5, 5.41) is 0. The second-order valence-corrected chi connectivity index (χ2v) is 20.6. The van der Waals surface area contributed by atoms with Crippen LogP contribution in [0.2, 0.25) is 0 Å². The predicted molar refractivity (Wildman–Crippen MR) is 210 cm³/mol. The molecule has 0 spiro atoms. The first-order valence-electron chi connectivity index (χ1n) is 18.9. The zero-order valence-corrected chi connectivity index (χ0v) is 33.9. The molecule has 0 amide bonds. The van der Waals surface area contributed by atoms with Gasteiger partial charge in [-0.15, -0.1) is 0 Å². The van der Waals surface area contributed by atoms with E-state index in [4.69, 9.17) is 4.98 Å².